The van der Waals surface area contributed by atoms with E-state index in [0.29, 0.717) is 18.2 Å². The van der Waals surface area contributed by atoms with E-state index in [-0.39, 0.29) is 5.92 Å². The lowest BCUT2D eigenvalue weighted by Crippen LogP contribution is -2.46. The smallest absolute Gasteiger partial charge is 0.138 e. The van der Waals surface area contributed by atoms with Crippen LogP contribution in [0.1, 0.15) is 25.8 Å². The van der Waals surface area contributed by atoms with Crippen LogP contribution in [0.25, 0.3) is 0 Å². The van der Waals surface area contributed by atoms with Gasteiger partial charge in [0.2, 0.25) is 0 Å². The maximum absolute atomic E-state index is 11.6. The van der Waals surface area contributed by atoms with Gasteiger partial charge in [-0.25, -0.2) is 0 Å². The van der Waals surface area contributed by atoms with Crippen molar-refractivity contribution < 1.29 is 4.79 Å². The summed E-state index contributed by atoms with van der Waals surface area (Å²) >= 11 is 0. The highest BCUT2D eigenvalue weighted by Crippen LogP contribution is 2.19. The molecule has 0 N–H and O–H groups in total. The number of hydrogen-bond acceptors (Lipinski definition) is 2. The Morgan fingerprint density at radius 3 is 2.72 bits per heavy atom. The molecule has 1 aliphatic heterocycles. The van der Waals surface area contributed by atoms with Crippen LogP contribution in [0.3, 0.4) is 0 Å². The van der Waals surface area contributed by atoms with Crippen molar-refractivity contribution in [2.45, 2.75) is 26.3 Å². The third-order valence-corrected chi connectivity index (χ3v) is 3.74. The summed E-state index contributed by atoms with van der Waals surface area (Å²) < 4.78 is 0. The highest BCUT2D eigenvalue weighted by molar-refractivity contribution is 5.82. The lowest BCUT2D eigenvalue weighted by molar-refractivity contribution is -0.127. The Morgan fingerprint density at radius 2 is 2.00 bits per heavy atom. The van der Waals surface area contributed by atoms with E-state index in [1.807, 2.05) is 37.3 Å². The number of benzene rings is 1. The van der Waals surface area contributed by atoms with Crippen LogP contribution in [0.5, 0.6) is 0 Å². The number of nitrogens with zero attached hydrogens (tertiary/aromatic N) is 1. The summed E-state index contributed by atoms with van der Waals surface area (Å²) in [5.74, 6) is 6.88. The molecule has 2 nitrogen and oxygen atoms in total. The number of carbonyl (C=O) groups excluding carboxylic acids is 1. The van der Waals surface area contributed by atoms with Crippen LogP contribution in [-0.2, 0) is 4.79 Å². The van der Waals surface area contributed by atoms with Crippen LogP contribution in [-0.4, -0.2) is 29.8 Å². The van der Waals surface area contributed by atoms with Crippen molar-refractivity contribution in [3.8, 4) is 11.8 Å². The van der Waals surface area contributed by atoms with Gasteiger partial charge >= 0.3 is 0 Å². The number of piperidine rings is 1. The zero-order chi connectivity index (χ0) is 13.0. The minimum Gasteiger partial charge on any atom is -0.299 e. The van der Waals surface area contributed by atoms with Gasteiger partial charge in [-0.3, -0.25) is 9.69 Å². The number of likely N-dealkylation sites (tertiary alicyclic amines) is 1. The van der Waals surface area contributed by atoms with Crippen LogP contribution in [0.15, 0.2) is 30.3 Å². The first-order valence-corrected chi connectivity index (χ1v) is 6.49. The SMILES string of the molecule is CC1C(=O)CCN(CC#Cc2ccccc2)C1C. The van der Waals surface area contributed by atoms with E-state index in [1.165, 1.54) is 0 Å². The largest absolute Gasteiger partial charge is 0.299 e. The second-order valence-electron chi connectivity index (χ2n) is 4.88. The Morgan fingerprint density at radius 1 is 1.28 bits per heavy atom. The Balaban J connectivity index is 1.95. The molecule has 2 unspecified atom stereocenters. The number of ketones is 1. The van der Waals surface area contributed by atoms with Crippen molar-refractivity contribution in [1.29, 1.82) is 0 Å². The molecule has 2 rings (SSSR count). The lowest BCUT2D eigenvalue weighted by atomic mass is 9.91. The summed E-state index contributed by atoms with van der Waals surface area (Å²) in [7, 11) is 0. The number of Topliss-reactive ketones (excluding diaryl/α,β-unsaturated/α-hetero) is 1. The fourth-order valence-corrected chi connectivity index (χ4v) is 2.26. The highest BCUT2D eigenvalue weighted by atomic mass is 16.1. The second kappa shape index (κ2) is 5.84. The van der Waals surface area contributed by atoms with Crippen molar-refractivity contribution >= 4 is 5.78 Å². The average Bonchev–Trinajstić information content (AvgIpc) is 2.40. The van der Waals surface area contributed by atoms with Gasteiger partial charge in [0.05, 0.1) is 6.54 Å². The quantitative estimate of drug-likeness (QED) is 0.703. The fourth-order valence-electron chi connectivity index (χ4n) is 2.26. The number of carbonyl (C=O) groups is 1. The monoisotopic (exact) mass is 241 g/mol. The van der Waals surface area contributed by atoms with Crippen molar-refractivity contribution in [2.24, 2.45) is 5.92 Å². The van der Waals surface area contributed by atoms with Gasteiger partial charge in [-0.1, -0.05) is 37.0 Å². The van der Waals surface area contributed by atoms with E-state index in [4.69, 9.17) is 0 Å². The number of hydrogen-bond donors (Lipinski definition) is 0. The predicted octanol–water partition coefficient (Wildman–Crippen LogP) is 2.34. The molecule has 1 aromatic rings. The molecule has 0 aromatic heterocycles. The lowest BCUT2D eigenvalue weighted by Gasteiger charge is -2.35. The second-order valence-corrected chi connectivity index (χ2v) is 4.88. The Bertz CT molecular complexity index is 469. The first-order chi connectivity index (χ1) is 8.68. The Labute approximate surface area is 109 Å². The van der Waals surface area contributed by atoms with Gasteiger partial charge in [0.15, 0.2) is 0 Å². The minimum absolute atomic E-state index is 0.136. The molecule has 1 saturated heterocycles. The molecular formula is C16H19NO. The molecule has 1 aromatic carbocycles. The van der Waals surface area contributed by atoms with E-state index in [0.717, 1.165) is 18.7 Å². The summed E-state index contributed by atoms with van der Waals surface area (Å²) in [6.45, 7) is 5.72. The van der Waals surface area contributed by atoms with Gasteiger partial charge in [0.25, 0.3) is 0 Å². The number of rotatable bonds is 1. The maximum atomic E-state index is 11.6. The Kier molecular flexibility index (Phi) is 4.17. The minimum atomic E-state index is 0.136. The Hall–Kier alpha value is -1.59. The summed E-state index contributed by atoms with van der Waals surface area (Å²) in [4.78, 5) is 13.9. The van der Waals surface area contributed by atoms with Gasteiger partial charge in [-0.15, -0.1) is 0 Å². The van der Waals surface area contributed by atoms with Crippen LogP contribution >= 0.6 is 0 Å². The first kappa shape index (κ1) is 12.9. The normalized spacial score (nSPS) is 24.4. The van der Waals surface area contributed by atoms with Crippen LogP contribution in [0.2, 0.25) is 0 Å². The van der Waals surface area contributed by atoms with Crippen molar-refractivity contribution in [2.75, 3.05) is 13.1 Å². The van der Waals surface area contributed by atoms with Crippen LogP contribution in [0, 0.1) is 17.8 Å². The molecular weight excluding hydrogens is 222 g/mol. The van der Waals surface area contributed by atoms with Gasteiger partial charge in [0.1, 0.15) is 5.78 Å². The molecule has 0 amide bonds. The highest BCUT2D eigenvalue weighted by Gasteiger charge is 2.29. The summed E-state index contributed by atoms with van der Waals surface area (Å²) in [5.41, 5.74) is 1.05. The molecule has 0 radical (unpaired) electrons. The van der Waals surface area contributed by atoms with Crippen LogP contribution < -0.4 is 0 Å². The van der Waals surface area contributed by atoms with Crippen molar-refractivity contribution in [3.05, 3.63) is 35.9 Å². The molecule has 18 heavy (non-hydrogen) atoms. The van der Waals surface area contributed by atoms with Crippen LogP contribution in [0.4, 0.5) is 0 Å². The van der Waals surface area contributed by atoms with Gasteiger partial charge < -0.3 is 0 Å². The first-order valence-electron chi connectivity index (χ1n) is 6.49. The molecule has 2 atom stereocenters. The summed E-state index contributed by atoms with van der Waals surface area (Å²) in [6, 6.07) is 10.3. The van der Waals surface area contributed by atoms with E-state index < -0.39 is 0 Å². The summed E-state index contributed by atoms with van der Waals surface area (Å²) in [6.07, 6.45) is 0.665. The van der Waals surface area contributed by atoms with Crippen molar-refractivity contribution in [1.82, 2.24) is 4.90 Å². The van der Waals surface area contributed by atoms with Crippen molar-refractivity contribution in [3.63, 3.8) is 0 Å². The van der Waals surface area contributed by atoms with Gasteiger partial charge in [0, 0.05) is 30.5 Å². The zero-order valence-corrected chi connectivity index (χ0v) is 11.0. The molecule has 0 aliphatic carbocycles. The van der Waals surface area contributed by atoms with E-state index in [1.54, 1.807) is 0 Å². The zero-order valence-electron chi connectivity index (χ0n) is 11.0. The van der Waals surface area contributed by atoms with E-state index in [9.17, 15) is 4.79 Å². The average molecular weight is 241 g/mol. The summed E-state index contributed by atoms with van der Waals surface area (Å²) in [5, 5.41) is 0. The standard InChI is InChI=1S/C16H19NO/c1-13-14(2)17(12-10-16(13)18)11-6-9-15-7-4-3-5-8-15/h3-5,7-8,13-14H,10-12H2,1-2H3. The van der Waals surface area contributed by atoms with Gasteiger partial charge in [-0.05, 0) is 19.1 Å². The molecule has 1 heterocycles. The topological polar surface area (TPSA) is 20.3 Å². The predicted molar refractivity (Wildman–Crippen MR) is 73.1 cm³/mol. The third-order valence-electron chi connectivity index (χ3n) is 3.74. The fraction of sp³-hybridized carbons (Fsp3) is 0.438. The molecule has 0 spiro atoms. The van der Waals surface area contributed by atoms with E-state index in [2.05, 4.69) is 23.7 Å². The molecule has 1 fully saturated rings. The molecule has 1 aliphatic rings. The molecule has 0 bridgehead atoms. The molecule has 0 saturated carbocycles. The molecule has 94 valence electrons. The third kappa shape index (κ3) is 3.00. The van der Waals surface area contributed by atoms with Gasteiger partial charge in [-0.2, -0.15) is 0 Å². The van der Waals surface area contributed by atoms with E-state index >= 15 is 0 Å². The maximum Gasteiger partial charge on any atom is 0.138 e. The molecule has 2 heteroatoms.